The van der Waals surface area contributed by atoms with Gasteiger partial charge in [-0.3, -0.25) is 10.1 Å². The number of carbonyl (C=O) groups is 1. The van der Waals surface area contributed by atoms with Crippen LogP contribution in [0.15, 0.2) is 0 Å². The second-order valence-electron chi connectivity index (χ2n) is 2.83. The molecule has 0 bridgehead atoms. The van der Waals surface area contributed by atoms with Gasteiger partial charge in [-0.1, -0.05) is 0 Å². The predicted molar refractivity (Wildman–Crippen MR) is 37.5 cm³/mol. The minimum absolute atomic E-state index is 0.0337. The number of hydrogen-bond acceptors (Lipinski definition) is 5. The van der Waals surface area contributed by atoms with Crippen molar-refractivity contribution in [2.75, 3.05) is 13.2 Å². The van der Waals surface area contributed by atoms with Crippen LogP contribution in [0.3, 0.4) is 0 Å². The lowest BCUT2D eigenvalue weighted by atomic mass is 9.95. The summed E-state index contributed by atoms with van der Waals surface area (Å²) in [5.41, 5.74) is -1.81. The van der Waals surface area contributed by atoms with Crippen LogP contribution in [0.1, 0.15) is 0 Å². The van der Waals surface area contributed by atoms with E-state index in [1.54, 1.807) is 0 Å². The molecule has 6 nitrogen and oxygen atoms in total. The number of aliphatic hydroxyl groups excluding tert-OH is 3. The molecule has 70 valence electrons. The molecule has 0 amide bonds. The number of aliphatic hydroxyl groups is 3. The highest BCUT2D eigenvalue weighted by atomic mass is 16.4. The molecule has 0 unspecified atom stereocenters. The zero-order chi connectivity index (χ0) is 9.35. The first-order valence-electron chi connectivity index (χ1n) is 3.50. The summed E-state index contributed by atoms with van der Waals surface area (Å²) >= 11 is 0. The highest BCUT2D eigenvalue weighted by molar-refractivity contribution is 5.80. The average Bonchev–Trinajstić information content (AvgIpc) is 2.31. The molecule has 0 aromatic heterocycles. The van der Waals surface area contributed by atoms with Gasteiger partial charge >= 0.3 is 5.97 Å². The monoisotopic (exact) mass is 177 g/mol. The zero-order valence-corrected chi connectivity index (χ0v) is 6.27. The largest absolute Gasteiger partial charge is 0.480 e. The van der Waals surface area contributed by atoms with Crippen molar-refractivity contribution in [3.8, 4) is 0 Å². The van der Waals surface area contributed by atoms with Gasteiger partial charge in [0, 0.05) is 6.54 Å². The molecule has 1 fully saturated rings. The van der Waals surface area contributed by atoms with E-state index >= 15 is 0 Å². The number of hydrogen-bond donors (Lipinski definition) is 5. The summed E-state index contributed by atoms with van der Waals surface area (Å²) in [5.74, 6) is -1.37. The van der Waals surface area contributed by atoms with Crippen molar-refractivity contribution in [2.24, 2.45) is 0 Å². The van der Waals surface area contributed by atoms with E-state index in [0.29, 0.717) is 0 Å². The van der Waals surface area contributed by atoms with Gasteiger partial charge in [-0.25, -0.2) is 0 Å². The molecule has 12 heavy (non-hydrogen) atoms. The van der Waals surface area contributed by atoms with Gasteiger partial charge in [0.2, 0.25) is 0 Å². The van der Waals surface area contributed by atoms with Crippen LogP contribution in [0, 0.1) is 0 Å². The first-order valence-corrected chi connectivity index (χ1v) is 3.50. The topological polar surface area (TPSA) is 110 Å². The maximum absolute atomic E-state index is 10.6. The summed E-state index contributed by atoms with van der Waals surface area (Å²) in [5, 5.41) is 38.0. The fourth-order valence-electron chi connectivity index (χ4n) is 1.25. The summed E-state index contributed by atoms with van der Waals surface area (Å²) in [7, 11) is 0. The van der Waals surface area contributed by atoms with Crippen LogP contribution in [0.25, 0.3) is 0 Å². The Morgan fingerprint density at radius 1 is 1.58 bits per heavy atom. The molecule has 1 aliphatic heterocycles. The molecule has 1 rings (SSSR count). The Kier molecular flexibility index (Phi) is 2.34. The molecular formula is C6H11NO5. The Hall–Kier alpha value is -0.690. The highest BCUT2D eigenvalue weighted by Gasteiger charge is 2.52. The van der Waals surface area contributed by atoms with Gasteiger partial charge in [0.05, 0.1) is 12.7 Å². The fourth-order valence-corrected chi connectivity index (χ4v) is 1.25. The molecule has 3 atom stereocenters. The summed E-state index contributed by atoms with van der Waals surface area (Å²) in [6.45, 7) is -0.783. The maximum atomic E-state index is 10.6. The average molecular weight is 177 g/mol. The Balaban J connectivity index is 2.88. The molecule has 0 radical (unpaired) electrons. The Morgan fingerprint density at radius 2 is 2.17 bits per heavy atom. The Labute approximate surface area is 68.4 Å². The second-order valence-corrected chi connectivity index (χ2v) is 2.83. The quantitative estimate of drug-likeness (QED) is 0.310. The molecule has 1 aliphatic rings. The minimum Gasteiger partial charge on any atom is -0.480 e. The van der Waals surface area contributed by atoms with Gasteiger partial charge in [0.1, 0.15) is 6.10 Å². The Morgan fingerprint density at radius 3 is 2.33 bits per heavy atom. The molecule has 0 saturated carbocycles. The van der Waals surface area contributed by atoms with Gasteiger partial charge < -0.3 is 20.4 Å². The summed E-state index contributed by atoms with van der Waals surface area (Å²) < 4.78 is 0. The lowest BCUT2D eigenvalue weighted by Gasteiger charge is -2.25. The van der Waals surface area contributed by atoms with Crippen molar-refractivity contribution in [3.63, 3.8) is 0 Å². The molecule has 6 heteroatoms. The third-order valence-corrected chi connectivity index (χ3v) is 2.13. The van der Waals surface area contributed by atoms with E-state index in [9.17, 15) is 9.90 Å². The number of rotatable bonds is 2. The van der Waals surface area contributed by atoms with Crippen molar-refractivity contribution in [1.82, 2.24) is 5.32 Å². The van der Waals surface area contributed by atoms with E-state index in [0.717, 1.165) is 0 Å². The first-order chi connectivity index (χ1) is 5.54. The van der Waals surface area contributed by atoms with Crippen LogP contribution >= 0.6 is 0 Å². The van der Waals surface area contributed by atoms with E-state index in [1.165, 1.54) is 0 Å². The third-order valence-electron chi connectivity index (χ3n) is 2.13. The number of carboxylic acid groups (broad SMARTS) is 1. The van der Waals surface area contributed by atoms with Crippen LogP contribution in [-0.2, 0) is 4.79 Å². The molecule has 0 aliphatic carbocycles. The van der Waals surface area contributed by atoms with Crippen molar-refractivity contribution < 1.29 is 25.2 Å². The van der Waals surface area contributed by atoms with E-state index in [1.807, 2.05) is 0 Å². The third kappa shape index (κ3) is 1.09. The second kappa shape index (κ2) is 2.98. The van der Waals surface area contributed by atoms with Crippen molar-refractivity contribution in [3.05, 3.63) is 0 Å². The molecule has 0 aromatic carbocycles. The standard InChI is InChI=1S/C6H11NO5/c8-2-6(5(11)12)4(10)3(9)1-7-6/h3-4,7-10H,1-2H2,(H,11,12)/t3-,4-,6+/m1/s1. The highest BCUT2D eigenvalue weighted by Crippen LogP contribution is 2.20. The maximum Gasteiger partial charge on any atom is 0.329 e. The predicted octanol–water partition coefficient (Wildman–Crippen LogP) is -2.87. The van der Waals surface area contributed by atoms with Gasteiger partial charge in [-0.15, -0.1) is 0 Å². The normalized spacial score (nSPS) is 41.6. The molecule has 0 spiro atoms. The smallest absolute Gasteiger partial charge is 0.329 e. The van der Waals surface area contributed by atoms with E-state index < -0.39 is 30.3 Å². The van der Waals surface area contributed by atoms with Crippen LogP contribution in [0.4, 0.5) is 0 Å². The summed E-state index contributed by atoms with van der Waals surface area (Å²) in [6, 6.07) is 0. The zero-order valence-electron chi connectivity index (χ0n) is 6.27. The number of aliphatic carboxylic acids is 1. The molecule has 0 aromatic rings. The summed E-state index contributed by atoms with van der Waals surface area (Å²) in [6.07, 6.45) is -2.62. The van der Waals surface area contributed by atoms with Gasteiger partial charge in [-0.2, -0.15) is 0 Å². The van der Waals surface area contributed by atoms with Crippen molar-refractivity contribution in [2.45, 2.75) is 17.7 Å². The van der Waals surface area contributed by atoms with Crippen molar-refractivity contribution in [1.29, 1.82) is 0 Å². The lowest BCUT2D eigenvalue weighted by Crippen LogP contribution is -2.58. The molecule has 1 heterocycles. The fraction of sp³-hybridized carbons (Fsp3) is 0.833. The molecule has 5 N–H and O–H groups in total. The van der Waals surface area contributed by atoms with Crippen LogP contribution in [0.2, 0.25) is 0 Å². The summed E-state index contributed by atoms with van der Waals surface area (Å²) in [4.78, 5) is 10.6. The number of carboxylic acids is 1. The van der Waals surface area contributed by atoms with Gasteiger partial charge in [0.15, 0.2) is 5.54 Å². The van der Waals surface area contributed by atoms with Gasteiger partial charge in [-0.05, 0) is 0 Å². The Bertz CT molecular complexity index is 196. The molecule has 1 saturated heterocycles. The lowest BCUT2D eigenvalue weighted by molar-refractivity contribution is -0.152. The van der Waals surface area contributed by atoms with Crippen LogP contribution in [0.5, 0.6) is 0 Å². The SMILES string of the molecule is O=C(O)[C@@]1(CO)NC[C@@H](O)[C@H]1O. The number of β-amino-alcohol motifs (C(OH)–C–C–N with tert-alkyl or cyclic N) is 1. The number of nitrogens with one attached hydrogen (secondary N) is 1. The van der Waals surface area contributed by atoms with Crippen molar-refractivity contribution >= 4 is 5.97 Å². The van der Waals surface area contributed by atoms with E-state index in [-0.39, 0.29) is 6.54 Å². The van der Waals surface area contributed by atoms with E-state index in [4.69, 9.17) is 15.3 Å². The van der Waals surface area contributed by atoms with Gasteiger partial charge in [0.25, 0.3) is 0 Å². The van der Waals surface area contributed by atoms with Crippen LogP contribution in [-0.4, -0.2) is 57.3 Å². The minimum atomic E-state index is -1.81. The molecular weight excluding hydrogens is 166 g/mol. The van der Waals surface area contributed by atoms with Crippen LogP contribution < -0.4 is 5.32 Å². The first kappa shape index (κ1) is 9.40. The van der Waals surface area contributed by atoms with E-state index in [2.05, 4.69) is 5.32 Å².